The Morgan fingerprint density at radius 1 is 1.47 bits per heavy atom. The molecule has 0 fully saturated rings. The maximum absolute atomic E-state index is 11.5. The van der Waals surface area contributed by atoms with E-state index in [2.05, 4.69) is 11.2 Å². The molecular formula is C14H17NO2. The van der Waals surface area contributed by atoms with Gasteiger partial charge in [-0.3, -0.25) is 4.79 Å². The van der Waals surface area contributed by atoms with E-state index in [4.69, 9.17) is 11.2 Å². The van der Waals surface area contributed by atoms with Gasteiger partial charge in [-0.25, -0.2) is 0 Å². The first kappa shape index (κ1) is 13.1. The first-order valence-electron chi connectivity index (χ1n) is 5.69. The molecule has 0 saturated heterocycles. The summed E-state index contributed by atoms with van der Waals surface area (Å²) < 4.78 is 5.31. The van der Waals surface area contributed by atoms with Gasteiger partial charge in [0.15, 0.2) is 6.61 Å². The van der Waals surface area contributed by atoms with E-state index in [1.54, 1.807) is 12.1 Å². The minimum Gasteiger partial charge on any atom is -0.484 e. The lowest BCUT2D eigenvalue weighted by molar-refractivity contribution is -0.123. The number of terminal acetylenes is 1. The summed E-state index contributed by atoms with van der Waals surface area (Å²) in [5.41, 5.74) is 0. The van der Waals surface area contributed by atoms with Gasteiger partial charge in [-0.15, -0.1) is 6.42 Å². The molecule has 90 valence electrons. The van der Waals surface area contributed by atoms with E-state index in [1.165, 1.54) is 0 Å². The fourth-order valence-electron chi connectivity index (χ4n) is 1.39. The van der Waals surface area contributed by atoms with Crippen molar-refractivity contribution >= 4 is 5.91 Å². The molecule has 0 heterocycles. The second kappa shape index (κ2) is 7.34. The number of amides is 1. The number of ether oxygens (including phenoxy) is 1. The van der Waals surface area contributed by atoms with E-state index in [9.17, 15) is 4.79 Å². The Hall–Kier alpha value is -1.95. The summed E-state index contributed by atoms with van der Waals surface area (Å²) in [7, 11) is 0. The number of para-hydroxylation sites is 1. The number of hydrogen-bond acceptors (Lipinski definition) is 2. The Bertz CT molecular complexity index is 381. The summed E-state index contributed by atoms with van der Waals surface area (Å²) >= 11 is 0. The minimum absolute atomic E-state index is 0.00803. The van der Waals surface area contributed by atoms with Gasteiger partial charge >= 0.3 is 0 Å². The van der Waals surface area contributed by atoms with E-state index in [1.807, 2.05) is 25.1 Å². The van der Waals surface area contributed by atoms with Gasteiger partial charge in [0.25, 0.3) is 5.91 Å². The van der Waals surface area contributed by atoms with E-state index < -0.39 is 0 Å². The van der Waals surface area contributed by atoms with Crippen molar-refractivity contribution in [2.45, 2.75) is 25.8 Å². The van der Waals surface area contributed by atoms with Crippen LogP contribution in [0.25, 0.3) is 0 Å². The third kappa shape index (κ3) is 5.07. The van der Waals surface area contributed by atoms with Crippen molar-refractivity contribution in [3.05, 3.63) is 30.3 Å². The third-order valence-electron chi connectivity index (χ3n) is 2.23. The lowest BCUT2D eigenvalue weighted by Gasteiger charge is -2.12. The number of benzene rings is 1. The average Bonchev–Trinajstić information content (AvgIpc) is 2.37. The SMILES string of the molecule is C#CC(CCC)NC(=O)COc1ccccc1. The molecule has 3 nitrogen and oxygen atoms in total. The minimum atomic E-state index is -0.202. The monoisotopic (exact) mass is 231 g/mol. The smallest absolute Gasteiger partial charge is 0.258 e. The predicted molar refractivity (Wildman–Crippen MR) is 67.6 cm³/mol. The molecule has 1 rings (SSSR count). The van der Waals surface area contributed by atoms with Crippen LogP contribution in [-0.4, -0.2) is 18.6 Å². The second-order valence-corrected chi connectivity index (χ2v) is 3.68. The summed E-state index contributed by atoms with van der Waals surface area (Å²) in [4.78, 5) is 11.5. The highest BCUT2D eigenvalue weighted by molar-refractivity contribution is 5.78. The summed E-state index contributed by atoms with van der Waals surface area (Å²) in [5.74, 6) is 3.03. The molecule has 3 heteroatoms. The first-order valence-corrected chi connectivity index (χ1v) is 5.69. The van der Waals surface area contributed by atoms with Gasteiger partial charge < -0.3 is 10.1 Å². The maximum Gasteiger partial charge on any atom is 0.258 e. The zero-order chi connectivity index (χ0) is 12.5. The van der Waals surface area contributed by atoms with E-state index in [0.717, 1.165) is 12.8 Å². The maximum atomic E-state index is 11.5. The van der Waals surface area contributed by atoms with Gasteiger partial charge in [0, 0.05) is 0 Å². The van der Waals surface area contributed by atoms with Gasteiger partial charge in [-0.05, 0) is 18.6 Å². The Labute approximate surface area is 102 Å². The molecule has 1 amide bonds. The summed E-state index contributed by atoms with van der Waals surface area (Å²) in [6.07, 6.45) is 7.03. The van der Waals surface area contributed by atoms with Gasteiger partial charge in [0.05, 0.1) is 6.04 Å². The lowest BCUT2D eigenvalue weighted by Crippen LogP contribution is -2.36. The number of rotatable bonds is 6. The van der Waals surface area contributed by atoms with Crippen LogP contribution >= 0.6 is 0 Å². The van der Waals surface area contributed by atoms with Crippen LogP contribution in [-0.2, 0) is 4.79 Å². The standard InChI is InChI=1S/C14H17NO2/c1-3-8-12(4-2)15-14(16)11-17-13-9-6-5-7-10-13/h2,5-7,9-10,12H,3,8,11H2,1H3,(H,15,16). The number of hydrogen-bond donors (Lipinski definition) is 1. The molecule has 1 aromatic carbocycles. The fourth-order valence-corrected chi connectivity index (χ4v) is 1.39. The molecule has 1 atom stereocenters. The summed E-state index contributed by atoms with van der Waals surface area (Å²) in [5, 5.41) is 2.74. The third-order valence-corrected chi connectivity index (χ3v) is 2.23. The predicted octanol–water partition coefficient (Wildman–Crippen LogP) is 1.98. The van der Waals surface area contributed by atoms with Crippen molar-refractivity contribution < 1.29 is 9.53 Å². The van der Waals surface area contributed by atoms with Crippen LogP contribution < -0.4 is 10.1 Å². The largest absolute Gasteiger partial charge is 0.484 e. The van der Waals surface area contributed by atoms with Gasteiger partial charge in [0.2, 0.25) is 0 Å². The molecule has 0 aliphatic carbocycles. The number of carbonyl (C=O) groups is 1. The molecule has 0 spiro atoms. The fraction of sp³-hybridized carbons (Fsp3) is 0.357. The van der Waals surface area contributed by atoms with E-state index in [-0.39, 0.29) is 18.6 Å². The van der Waals surface area contributed by atoms with Crippen LogP contribution in [0.2, 0.25) is 0 Å². The molecule has 0 bridgehead atoms. The van der Waals surface area contributed by atoms with Crippen molar-refractivity contribution in [2.75, 3.05) is 6.61 Å². The summed E-state index contributed by atoms with van der Waals surface area (Å²) in [6, 6.07) is 9.01. The highest BCUT2D eigenvalue weighted by Gasteiger charge is 2.08. The molecule has 17 heavy (non-hydrogen) atoms. The Morgan fingerprint density at radius 2 is 2.18 bits per heavy atom. The Morgan fingerprint density at radius 3 is 2.76 bits per heavy atom. The molecule has 0 radical (unpaired) electrons. The highest BCUT2D eigenvalue weighted by Crippen LogP contribution is 2.07. The van der Waals surface area contributed by atoms with Crippen molar-refractivity contribution in [3.63, 3.8) is 0 Å². The number of nitrogens with one attached hydrogen (secondary N) is 1. The molecule has 0 saturated carbocycles. The Balaban J connectivity index is 2.33. The summed E-state index contributed by atoms with van der Waals surface area (Å²) in [6.45, 7) is 2.02. The van der Waals surface area contributed by atoms with Crippen molar-refractivity contribution in [1.82, 2.24) is 5.32 Å². The van der Waals surface area contributed by atoms with Crippen LogP contribution in [0.15, 0.2) is 30.3 Å². The zero-order valence-corrected chi connectivity index (χ0v) is 9.98. The highest BCUT2D eigenvalue weighted by atomic mass is 16.5. The topological polar surface area (TPSA) is 38.3 Å². The molecule has 1 unspecified atom stereocenters. The quantitative estimate of drug-likeness (QED) is 0.760. The first-order chi connectivity index (χ1) is 8.26. The van der Waals surface area contributed by atoms with Crippen LogP contribution in [0, 0.1) is 12.3 Å². The lowest BCUT2D eigenvalue weighted by atomic mass is 10.2. The van der Waals surface area contributed by atoms with Crippen LogP contribution in [0.1, 0.15) is 19.8 Å². The molecule has 0 aliphatic heterocycles. The van der Waals surface area contributed by atoms with Crippen LogP contribution in [0.4, 0.5) is 0 Å². The molecule has 0 aliphatic rings. The second-order valence-electron chi connectivity index (χ2n) is 3.68. The number of carbonyl (C=O) groups excluding carboxylic acids is 1. The Kier molecular flexibility index (Phi) is 5.67. The normalized spacial score (nSPS) is 11.3. The molecule has 1 aromatic rings. The van der Waals surface area contributed by atoms with Gasteiger partial charge in [-0.1, -0.05) is 37.5 Å². The van der Waals surface area contributed by atoms with E-state index in [0.29, 0.717) is 5.75 Å². The van der Waals surface area contributed by atoms with Crippen LogP contribution in [0.5, 0.6) is 5.75 Å². The van der Waals surface area contributed by atoms with Gasteiger partial charge in [0.1, 0.15) is 5.75 Å². The zero-order valence-electron chi connectivity index (χ0n) is 9.98. The van der Waals surface area contributed by atoms with Crippen molar-refractivity contribution in [3.8, 4) is 18.1 Å². The van der Waals surface area contributed by atoms with Crippen molar-refractivity contribution in [1.29, 1.82) is 0 Å². The van der Waals surface area contributed by atoms with Gasteiger partial charge in [-0.2, -0.15) is 0 Å². The molecule has 0 aromatic heterocycles. The molecule has 1 N–H and O–H groups in total. The molecular weight excluding hydrogens is 214 g/mol. The van der Waals surface area contributed by atoms with Crippen LogP contribution in [0.3, 0.4) is 0 Å². The van der Waals surface area contributed by atoms with Crippen molar-refractivity contribution in [2.24, 2.45) is 0 Å². The van der Waals surface area contributed by atoms with E-state index >= 15 is 0 Å². The average molecular weight is 231 g/mol.